The van der Waals surface area contributed by atoms with E-state index >= 15 is 0 Å². The van der Waals surface area contributed by atoms with Crippen LogP contribution in [0.15, 0.2) is 12.3 Å². The lowest BCUT2D eigenvalue weighted by molar-refractivity contribution is -0.134. The van der Waals surface area contributed by atoms with Crippen LogP contribution in [0, 0.1) is 23.7 Å². The Balaban J connectivity index is 1.96. The zero-order valence-corrected chi connectivity index (χ0v) is 12.4. The molecule has 0 aromatic rings. The maximum Gasteiger partial charge on any atom is 0.224 e. The maximum atomic E-state index is 12.2. The molecule has 2 aliphatic rings. The van der Waals surface area contributed by atoms with Crippen LogP contribution < -0.4 is 5.32 Å². The first-order chi connectivity index (χ1) is 9.36. The van der Waals surface area contributed by atoms with Crippen molar-refractivity contribution in [2.75, 3.05) is 0 Å². The second-order valence-electron chi connectivity index (χ2n) is 6.72. The van der Waals surface area contributed by atoms with Crippen molar-refractivity contribution >= 4 is 11.7 Å². The molecule has 0 aromatic heterocycles. The number of ketones is 1. The molecule has 2 rings (SSSR count). The van der Waals surface area contributed by atoms with Crippen LogP contribution in [0.3, 0.4) is 0 Å². The van der Waals surface area contributed by atoms with E-state index < -0.39 is 6.10 Å². The number of carbonyl (C=O) groups excluding carboxylic acids is 2. The number of Topliss-reactive ketones (excluding diaryl/α,β-unsaturated/α-hetero) is 1. The van der Waals surface area contributed by atoms with Crippen LogP contribution in [0.4, 0.5) is 0 Å². The summed E-state index contributed by atoms with van der Waals surface area (Å²) in [4.78, 5) is 23.7. The number of rotatable bonds is 3. The molecule has 0 bridgehead atoms. The van der Waals surface area contributed by atoms with E-state index in [1.54, 1.807) is 0 Å². The van der Waals surface area contributed by atoms with Gasteiger partial charge in [0.05, 0.1) is 6.10 Å². The lowest BCUT2D eigenvalue weighted by Gasteiger charge is -2.35. The predicted octanol–water partition coefficient (Wildman–Crippen LogP) is 2.03. The van der Waals surface area contributed by atoms with Crippen LogP contribution >= 0.6 is 0 Å². The average molecular weight is 279 g/mol. The van der Waals surface area contributed by atoms with Gasteiger partial charge in [-0.3, -0.25) is 9.59 Å². The highest BCUT2D eigenvalue weighted by Gasteiger charge is 2.37. The van der Waals surface area contributed by atoms with Crippen molar-refractivity contribution in [3.8, 4) is 0 Å². The highest BCUT2D eigenvalue weighted by Crippen LogP contribution is 2.35. The SMILES string of the molecule is C=C1CC(CC(O)C2CC(C)CC(C)C2=O)CC(=O)N1. The van der Waals surface area contributed by atoms with E-state index in [-0.39, 0.29) is 29.4 Å². The molecule has 1 aliphatic heterocycles. The Bertz CT molecular complexity index is 402. The van der Waals surface area contributed by atoms with E-state index in [2.05, 4.69) is 18.8 Å². The van der Waals surface area contributed by atoms with Gasteiger partial charge < -0.3 is 10.4 Å². The first-order valence-electron chi connectivity index (χ1n) is 7.56. The summed E-state index contributed by atoms with van der Waals surface area (Å²) in [6, 6.07) is 0. The molecule has 20 heavy (non-hydrogen) atoms. The van der Waals surface area contributed by atoms with Gasteiger partial charge in [0.1, 0.15) is 5.78 Å². The quantitative estimate of drug-likeness (QED) is 0.830. The number of aliphatic hydroxyl groups is 1. The highest BCUT2D eigenvalue weighted by atomic mass is 16.3. The number of hydrogen-bond donors (Lipinski definition) is 2. The molecule has 1 heterocycles. The number of nitrogens with one attached hydrogen (secondary N) is 1. The van der Waals surface area contributed by atoms with E-state index in [4.69, 9.17) is 0 Å². The van der Waals surface area contributed by atoms with Gasteiger partial charge in [-0.05, 0) is 37.5 Å². The molecule has 1 amide bonds. The summed E-state index contributed by atoms with van der Waals surface area (Å²) in [6.45, 7) is 7.88. The molecule has 0 aromatic carbocycles. The fraction of sp³-hybridized carbons (Fsp3) is 0.750. The third kappa shape index (κ3) is 3.48. The van der Waals surface area contributed by atoms with Gasteiger partial charge in [-0.1, -0.05) is 20.4 Å². The largest absolute Gasteiger partial charge is 0.392 e. The normalized spacial score (nSPS) is 36.6. The lowest BCUT2D eigenvalue weighted by atomic mass is 9.71. The molecule has 112 valence electrons. The molecule has 2 N–H and O–H groups in total. The van der Waals surface area contributed by atoms with Gasteiger partial charge in [0.15, 0.2) is 0 Å². The Morgan fingerprint density at radius 3 is 2.65 bits per heavy atom. The zero-order valence-electron chi connectivity index (χ0n) is 12.4. The first kappa shape index (κ1) is 15.2. The summed E-state index contributed by atoms with van der Waals surface area (Å²) in [5.74, 6) is 0.526. The van der Waals surface area contributed by atoms with E-state index in [9.17, 15) is 14.7 Å². The minimum atomic E-state index is -0.628. The lowest BCUT2D eigenvalue weighted by Crippen LogP contribution is -2.40. The summed E-state index contributed by atoms with van der Waals surface area (Å²) in [6.07, 6.45) is 2.70. The minimum absolute atomic E-state index is 0.0323. The fourth-order valence-corrected chi connectivity index (χ4v) is 3.73. The van der Waals surface area contributed by atoms with Crippen LogP contribution in [-0.2, 0) is 9.59 Å². The number of allylic oxidation sites excluding steroid dienone is 1. The Labute approximate surface area is 120 Å². The Kier molecular flexibility index (Phi) is 4.63. The molecule has 4 nitrogen and oxygen atoms in total. The first-order valence-corrected chi connectivity index (χ1v) is 7.56. The molecular weight excluding hydrogens is 254 g/mol. The van der Waals surface area contributed by atoms with Gasteiger partial charge in [-0.15, -0.1) is 0 Å². The van der Waals surface area contributed by atoms with Crippen LogP contribution in [0.1, 0.15) is 46.0 Å². The van der Waals surface area contributed by atoms with E-state index in [1.807, 2.05) is 6.92 Å². The van der Waals surface area contributed by atoms with Crippen LogP contribution in [0.2, 0.25) is 0 Å². The molecule has 1 aliphatic carbocycles. The highest BCUT2D eigenvalue weighted by molar-refractivity contribution is 5.84. The average Bonchev–Trinajstić information content (AvgIpc) is 2.32. The number of carbonyl (C=O) groups is 2. The number of aliphatic hydroxyl groups excluding tert-OH is 1. The van der Waals surface area contributed by atoms with E-state index in [0.717, 1.165) is 18.5 Å². The third-order valence-corrected chi connectivity index (χ3v) is 4.63. The molecule has 1 saturated heterocycles. The summed E-state index contributed by atoms with van der Waals surface area (Å²) in [7, 11) is 0. The zero-order chi connectivity index (χ0) is 14.9. The van der Waals surface area contributed by atoms with Crippen molar-refractivity contribution in [1.29, 1.82) is 0 Å². The second-order valence-corrected chi connectivity index (χ2v) is 6.72. The number of piperidine rings is 1. The molecule has 4 heteroatoms. The molecule has 5 unspecified atom stereocenters. The van der Waals surface area contributed by atoms with E-state index in [0.29, 0.717) is 25.2 Å². The Morgan fingerprint density at radius 2 is 2.00 bits per heavy atom. The summed E-state index contributed by atoms with van der Waals surface area (Å²) in [5.41, 5.74) is 0.718. The van der Waals surface area contributed by atoms with Crippen molar-refractivity contribution in [3.05, 3.63) is 12.3 Å². The van der Waals surface area contributed by atoms with Crippen LogP contribution in [0.5, 0.6) is 0 Å². The molecule has 2 fully saturated rings. The molecular formula is C16H25NO3. The fourth-order valence-electron chi connectivity index (χ4n) is 3.73. The summed E-state index contributed by atoms with van der Waals surface area (Å²) >= 11 is 0. The monoisotopic (exact) mass is 279 g/mol. The van der Waals surface area contributed by atoms with Gasteiger partial charge in [-0.25, -0.2) is 0 Å². The Morgan fingerprint density at radius 1 is 1.30 bits per heavy atom. The van der Waals surface area contributed by atoms with E-state index in [1.165, 1.54) is 0 Å². The number of hydrogen-bond acceptors (Lipinski definition) is 3. The van der Waals surface area contributed by atoms with Crippen LogP contribution in [-0.4, -0.2) is 22.9 Å². The standard InChI is InChI=1S/C16H25NO3/c1-9-4-10(2)16(20)13(5-9)14(18)7-12-6-11(3)17-15(19)8-12/h9-10,12-14,18H,3-8H2,1-2H3,(H,17,19). The van der Waals surface area contributed by atoms with Gasteiger partial charge in [0, 0.05) is 24.0 Å². The van der Waals surface area contributed by atoms with Crippen LogP contribution in [0.25, 0.3) is 0 Å². The smallest absolute Gasteiger partial charge is 0.224 e. The van der Waals surface area contributed by atoms with Crippen molar-refractivity contribution in [1.82, 2.24) is 5.32 Å². The molecule has 5 atom stereocenters. The van der Waals surface area contributed by atoms with Gasteiger partial charge in [-0.2, -0.15) is 0 Å². The predicted molar refractivity (Wildman–Crippen MR) is 76.7 cm³/mol. The van der Waals surface area contributed by atoms with Crippen molar-refractivity contribution in [2.45, 2.75) is 52.1 Å². The van der Waals surface area contributed by atoms with Gasteiger partial charge in [0.2, 0.25) is 5.91 Å². The molecule has 0 radical (unpaired) electrons. The minimum Gasteiger partial charge on any atom is -0.392 e. The van der Waals surface area contributed by atoms with Crippen molar-refractivity contribution in [2.24, 2.45) is 23.7 Å². The van der Waals surface area contributed by atoms with Gasteiger partial charge in [0.25, 0.3) is 0 Å². The summed E-state index contributed by atoms with van der Waals surface area (Å²) in [5, 5.41) is 13.1. The second kappa shape index (κ2) is 6.08. The van der Waals surface area contributed by atoms with Crippen molar-refractivity contribution in [3.63, 3.8) is 0 Å². The summed E-state index contributed by atoms with van der Waals surface area (Å²) < 4.78 is 0. The topological polar surface area (TPSA) is 66.4 Å². The van der Waals surface area contributed by atoms with Gasteiger partial charge >= 0.3 is 0 Å². The number of amides is 1. The maximum absolute atomic E-state index is 12.2. The molecule has 1 saturated carbocycles. The third-order valence-electron chi connectivity index (χ3n) is 4.63. The Hall–Kier alpha value is -1.16. The molecule has 0 spiro atoms. The van der Waals surface area contributed by atoms with Crippen molar-refractivity contribution < 1.29 is 14.7 Å².